The van der Waals surface area contributed by atoms with Crippen molar-refractivity contribution in [2.24, 2.45) is 23.3 Å². The van der Waals surface area contributed by atoms with Gasteiger partial charge < -0.3 is 11.5 Å². The Hall–Kier alpha value is -0.380. The molecular formula is C13H21BrN2. The minimum absolute atomic E-state index is 0.415. The molecule has 0 aliphatic heterocycles. The van der Waals surface area contributed by atoms with Gasteiger partial charge in [0.25, 0.3) is 0 Å². The molecule has 4 N–H and O–H groups in total. The average Bonchev–Trinajstić information content (AvgIpc) is 2.26. The molecule has 0 bridgehead atoms. The first-order valence-corrected chi connectivity index (χ1v) is 6.53. The van der Waals surface area contributed by atoms with Gasteiger partial charge in [0.05, 0.1) is 0 Å². The van der Waals surface area contributed by atoms with E-state index in [0.29, 0.717) is 24.9 Å². The Kier molecular flexibility index (Phi) is 5.46. The van der Waals surface area contributed by atoms with Gasteiger partial charge in [0.15, 0.2) is 0 Å². The summed E-state index contributed by atoms with van der Waals surface area (Å²) >= 11 is 3.56. The Morgan fingerprint density at radius 1 is 1.25 bits per heavy atom. The highest BCUT2D eigenvalue weighted by Gasteiger charge is 2.15. The maximum atomic E-state index is 5.72. The van der Waals surface area contributed by atoms with E-state index in [1.54, 1.807) is 0 Å². The van der Waals surface area contributed by atoms with Gasteiger partial charge in [-0.3, -0.25) is 0 Å². The first-order valence-electron chi connectivity index (χ1n) is 5.74. The van der Waals surface area contributed by atoms with Crippen LogP contribution in [0.1, 0.15) is 18.1 Å². The molecule has 0 aliphatic rings. The van der Waals surface area contributed by atoms with Crippen molar-refractivity contribution in [2.75, 3.05) is 13.1 Å². The monoisotopic (exact) mass is 284 g/mol. The van der Waals surface area contributed by atoms with E-state index < -0.39 is 0 Å². The van der Waals surface area contributed by atoms with Gasteiger partial charge >= 0.3 is 0 Å². The van der Waals surface area contributed by atoms with Crippen LogP contribution in [0.3, 0.4) is 0 Å². The van der Waals surface area contributed by atoms with Gasteiger partial charge in [0.2, 0.25) is 0 Å². The molecule has 1 unspecified atom stereocenters. The standard InChI is InChI=1S/C13H21BrN2/c1-9(12(7-15)8-16)6-11-4-3-5-13(14)10(11)2/h3-5,9,12H,6-8,15-16H2,1-2H3. The molecular weight excluding hydrogens is 264 g/mol. The lowest BCUT2D eigenvalue weighted by molar-refractivity contribution is 0.372. The predicted molar refractivity (Wildman–Crippen MR) is 73.3 cm³/mol. The third-order valence-corrected chi connectivity index (χ3v) is 4.19. The third kappa shape index (κ3) is 3.30. The lowest BCUT2D eigenvalue weighted by atomic mass is 9.87. The molecule has 1 aromatic rings. The van der Waals surface area contributed by atoms with Crippen LogP contribution in [-0.2, 0) is 6.42 Å². The van der Waals surface area contributed by atoms with E-state index in [-0.39, 0.29) is 0 Å². The SMILES string of the molecule is Cc1c(Br)cccc1CC(C)C(CN)CN. The fraction of sp³-hybridized carbons (Fsp3) is 0.538. The largest absolute Gasteiger partial charge is 0.330 e. The van der Waals surface area contributed by atoms with Crippen LogP contribution in [0.15, 0.2) is 22.7 Å². The molecule has 1 rings (SSSR count). The zero-order chi connectivity index (χ0) is 12.1. The number of rotatable bonds is 5. The van der Waals surface area contributed by atoms with Gasteiger partial charge in [-0.25, -0.2) is 0 Å². The van der Waals surface area contributed by atoms with Crippen molar-refractivity contribution in [3.8, 4) is 0 Å². The second-order valence-corrected chi connectivity index (χ2v) is 5.29. The van der Waals surface area contributed by atoms with Crippen LogP contribution in [0.25, 0.3) is 0 Å². The maximum absolute atomic E-state index is 5.72. The van der Waals surface area contributed by atoms with E-state index in [1.807, 2.05) is 0 Å². The summed E-state index contributed by atoms with van der Waals surface area (Å²) in [5.74, 6) is 0.946. The van der Waals surface area contributed by atoms with Crippen molar-refractivity contribution >= 4 is 15.9 Å². The Balaban J connectivity index is 2.76. The highest BCUT2D eigenvalue weighted by molar-refractivity contribution is 9.10. The number of hydrogen-bond donors (Lipinski definition) is 2. The zero-order valence-electron chi connectivity index (χ0n) is 10.0. The van der Waals surface area contributed by atoms with Crippen molar-refractivity contribution in [2.45, 2.75) is 20.3 Å². The summed E-state index contributed by atoms with van der Waals surface area (Å²) in [4.78, 5) is 0. The molecule has 0 saturated carbocycles. The van der Waals surface area contributed by atoms with Crippen molar-refractivity contribution in [3.63, 3.8) is 0 Å². The van der Waals surface area contributed by atoms with Gasteiger partial charge in [0.1, 0.15) is 0 Å². The fourth-order valence-electron chi connectivity index (χ4n) is 1.95. The highest BCUT2D eigenvalue weighted by Crippen LogP contribution is 2.23. The molecule has 0 amide bonds. The molecule has 0 aromatic heterocycles. The summed E-state index contributed by atoms with van der Waals surface area (Å²) in [7, 11) is 0. The van der Waals surface area contributed by atoms with E-state index >= 15 is 0 Å². The molecule has 0 aliphatic carbocycles. The molecule has 0 spiro atoms. The summed E-state index contributed by atoms with van der Waals surface area (Å²) < 4.78 is 1.18. The lowest BCUT2D eigenvalue weighted by Gasteiger charge is -2.21. The van der Waals surface area contributed by atoms with Crippen LogP contribution < -0.4 is 11.5 Å². The smallest absolute Gasteiger partial charge is 0.0207 e. The summed E-state index contributed by atoms with van der Waals surface area (Å²) in [6.07, 6.45) is 1.05. The van der Waals surface area contributed by atoms with E-state index in [9.17, 15) is 0 Å². The molecule has 0 radical (unpaired) electrons. The average molecular weight is 285 g/mol. The predicted octanol–water partition coefficient (Wildman–Crippen LogP) is 2.47. The highest BCUT2D eigenvalue weighted by atomic mass is 79.9. The van der Waals surface area contributed by atoms with Crippen LogP contribution in [0.2, 0.25) is 0 Å². The quantitative estimate of drug-likeness (QED) is 0.873. The number of halogens is 1. The first-order chi connectivity index (χ1) is 7.60. The Morgan fingerprint density at radius 2 is 1.88 bits per heavy atom. The second-order valence-electron chi connectivity index (χ2n) is 4.44. The maximum Gasteiger partial charge on any atom is 0.0207 e. The van der Waals surface area contributed by atoms with Crippen molar-refractivity contribution in [1.82, 2.24) is 0 Å². The van der Waals surface area contributed by atoms with Gasteiger partial charge in [-0.1, -0.05) is 35.0 Å². The summed E-state index contributed by atoms with van der Waals surface area (Å²) in [5, 5.41) is 0. The van der Waals surface area contributed by atoms with E-state index in [4.69, 9.17) is 11.5 Å². The Labute approximate surface area is 107 Å². The molecule has 90 valence electrons. The van der Waals surface area contributed by atoms with Crippen LogP contribution in [0.4, 0.5) is 0 Å². The normalized spacial score (nSPS) is 13.1. The van der Waals surface area contributed by atoms with Gasteiger partial charge in [0, 0.05) is 4.47 Å². The van der Waals surface area contributed by atoms with Crippen LogP contribution in [-0.4, -0.2) is 13.1 Å². The van der Waals surface area contributed by atoms with Crippen molar-refractivity contribution in [1.29, 1.82) is 0 Å². The molecule has 3 heteroatoms. The van der Waals surface area contributed by atoms with E-state index in [0.717, 1.165) is 6.42 Å². The number of benzene rings is 1. The van der Waals surface area contributed by atoms with E-state index in [1.165, 1.54) is 15.6 Å². The Morgan fingerprint density at radius 3 is 2.44 bits per heavy atom. The lowest BCUT2D eigenvalue weighted by Crippen LogP contribution is -2.30. The minimum Gasteiger partial charge on any atom is -0.330 e. The van der Waals surface area contributed by atoms with Crippen LogP contribution >= 0.6 is 15.9 Å². The number of nitrogens with two attached hydrogens (primary N) is 2. The first kappa shape index (κ1) is 13.7. The van der Waals surface area contributed by atoms with Gasteiger partial charge in [-0.15, -0.1) is 0 Å². The van der Waals surface area contributed by atoms with Crippen LogP contribution in [0.5, 0.6) is 0 Å². The molecule has 0 heterocycles. The summed E-state index contributed by atoms with van der Waals surface area (Å²) in [6, 6.07) is 6.34. The molecule has 0 fully saturated rings. The van der Waals surface area contributed by atoms with Crippen molar-refractivity contribution in [3.05, 3.63) is 33.8 Å². The number of hydrogen-bond acceptors (Lipinski definition) is 2. The fourth-order valence-corrected chi connectivity index (χ4v) is 2.35. The minimum atomic E-state index is 0.415. The van der Waals surface area contributed by atoms with E-state index in [2.05, 4.69) is 48.0 Å². The van der Waals surface area contributed by atoms with Crippen LogP contribution in [0, 0.1) is 18.8 Å². The summed E-state index contributed by atoms with van der Waals surface area (Å²) in [5.41, 5.74) is 14.1. The van der Waals surface area contributed by atoms with Gasteiger partial charge in [-0.05, 0) is 55.5 Å². The summed E-state index contributed by atoms with van der Waals surface area (Å²) in [6.45, 7) is 5.71. The van der Waals surface area contributed by atoms with Crippen molar-refractivity contribution < 1.29 is 0 Å². The molecule has 0 saturated heterocycles. The molecule has 1 atom stereocenters. The molecule has 1 aromatic carbocycles. The molecule has 2 nitrogen and oxygen atoms in total. The van der Waals surface area contributed by atoms with Gasteiger partial charge in [-0.2, -0.15) is 0 Å². The zero-order valence-corrected chi connectivity index (χ0v) is 11.6. The topological polar surface area (TPSA) is 52.0 Å². The third-order valence-electron chi connectivity index (χ3n) is 3.33. The molecule has 16 heavy (non-hydrogen) atoms. The second kappa shape index (κ2) is 6.38. The Bertz CT molecular complexity index is 335.